The Morgan fingerprint density at radius 3 is 2.54 bits per heavy atom. The van der Waals surface area contributed by atoms with Crippen molar-refractivity contribution in [1.29, 1.82) is 0 Å². The number of hydrogen-bond donors (Lipinski definition) is 0. The molecule has 0 N–H and O–H groups in total. The predicted molar refractivity (Wildman–Crippen MR) is 109 cm³/mol. The summed E-state index contributed by atoms with van der Waals surface area (Å²) in [4.78, 5) is 29.2. The van der Waals surface area contributed by atoms with Gasteiger partial charge in [-0.15, -0.1) is 0 Å². The number of methoxy groups -OCH3 is 1. The van der Waals surface area contributed by atoms with Crippen LogP contribution in [0, 0.1) is 0 Å². The highest BCUT2D eigenvalue weighted by Gasteiger charge is 2.34. The van der Waals surface area contributed by atoms with Gasteiger partial charge in [0.1, 0.15) is 5.75 Å². The van der Waals surface area contributed by atoms with E-state index in [9.17, 15) is 9.59 Å². The molecule has 2 amide bonds. The number of rotatable bonds is 6. The summed E-state index contributed by atoms with van der Waals surface area (Å²) >= 11 is 0. The second-order valence-electron chi connectivity index (χ2n) is 7.50. The van der Waals surface area contributed by atoms with Crippen molar-refractivity contribution in [3.63, 3.8) is 0 Å². The van der Waals surface area contributed by atoms with E-state index in [0.717, 1.165) is 41.8 Å². The van der Waals surface area contributed by atoms with Crippen LogP contribution in [0.1, 0.15) is 47.7 Å². The molecule has 0 atom stereocenters. The SMILES string of the molecule is CCC(=O)N1CCc2cc(C(=O)N(Cc3ccc(OC)cc3)C3CC3)ccc21. The van der Waals surface area contributed by atoms with Crippen molar-refractivity contribution in [3.8, 4) is 5.75 Å². The molecule has 0 aromatic heterocycles. The van der Waals surface area contributed by atoms with Gasteiger partial charge in [-0.05, 0) is 60.7 Å². The Hall–Kier alpha value is -2.82. The fourth-order valence-corrected chi connectivity index (χ4v) is 3.83. The molecule has 2 aliphatic rings. The molecule has 0 unspecified atom stereocenters. The molecule has 1 aliphatic carbocycles. The molecule has 146 valence electrons. The number of nitrogens with zero attached hydrogens (tertiary/aromatic N) is 2. The Kier molecular flexibility index (Phi) is 5.07. The lowest BCUT2D eigenvalue weighted by molar-refractivity contribution is -0.118. The number of carbonyl (C=O) groups excluding carboxylic acids is 2. The Morgan fingerprint density at radius 1 is 1.14 bits per heavy atom. The highest BCUT2D eigenvalue weighted by molar-refractivity contribution is 5.98. The van der Waals surface area contributed by atoms with Crippen molar-refractivity contribution >= 4 is 17.5 Å². The number of fused-ring (bicyclic) bond motifs is 1. The van der Waals surface area contributed by atoms with Crippen LogP contribution in [-0.4, -0.2) is 36.4 Å². The van der Waals surface area contributed by atoms with Gasteiger partial charge in [-0.3, -0.25) is 9.59 Å². The zero-order chi connectivity index (χ0) is 19.7. The lowest BCUT2D eigenvalue weighted by Crippen LogP contribution is -2.32. The van der Waals surface area contributed by atoms with Gasteiger partial charge in [0.2, 0.25) is 5.91 Å². The third-order valence-electron chi connectivity index (χ3n) is 5.59. The maximum atomic E-state index is 13.2. The van der Waals surface area contributed by atoms with Gasteiger partial charge >= 0.3 is 0 Å². The van der Waals surface area contributed by atoms with E-state index in [0.29, 0.717) is 31.1 Å². The van der Waals surface area contributed by atoms with Crippen LogP contribution >= 0.6 is 0 Å². The Balaban J connectivity index is 1.54. The summed E-state index contributed by atoms with van der Waals surface area (Å²) in [7, 11) is 1.65. The molecule has 2 aromatic carbocycles. The van der Waals surface area contributed by atoms with Crippen molar-refractivity contribution in [1.82, 2.24) is 4.90 Å². The van der Waals surface area contributed by atoms with Crippen molar-refractivity contribution in [2.45, 2.75) is 45.2 Å². The molecule has 2 aromatic rings. The van der Waals surface area contributed by atoms with Gasteiger partial charge in [-0.25, -0.2) is 0 Å². The smallest absolute Gasteiger partial charge is 0.254 e. The van der Waals surface area contributed by atoms with Crippen LogP contribution in [0.15, 0.2) is 42.5 Å². The van der Waals surface area contributed by atoms with Gasteiger partial charge < -0.3 is 14.5 Å². The first-order valence-corrected chi connectivity index (χ1v) is 9.98. The zero-order valence-corrected chi connectivity index (χ0v) is 16.5. The molecule has 0 radical (unpaired) electrons. The van der Waals surface area contributed by atoms with Crippen molar-refractivity contribution in [3.05, 3.63) is 59.2 Å². The summed E-state index contributed by atoms with van der Waals surface area (Å²) in [5, 5.41) is 0. The first-order chi connectivity index (χ1) is 13.6. The van der Waals surface area contributed by atoms with E-state index >= 15 is 0 Å². The lowest BCUT2D eigenvalue weighted by Gasteiger charge is -2.23. The van der Waals surface area contributed by atoms with Crippen LogP contribution < -0.4 is 9.64 Å². The molecule has 1 saturated carbocycles. The Morgan fingerprint density at radius 2 is 1.89 bits per heavy atom. The van der Waals surface area contributed by atoms with Gasteiger partial charge in [0.05, 0.1) is 7.11 Å². The summed E-state index contributed by atoms with van der Waals surface area (Å²) in [5.41, 5.74) is 3.86. The molecule has 1 heterocycles. The number of hydrogen-bond acceptors (Lipinski definition) is 3. The zero-order valence-electron chi connectivity index (χ0n) is 16.5. The molecule has 1 aliphatic heterocycles. The first-order valence-electron chi connectivity index (χ1n) is 9.98. The maximum Gasteiger partial charge on any atom is 0.254 e. The summed E-state index contributed by atoms with van der Waals surface area (Å²) in [6, 6.07) is 14.0. The fourth-order valence-electron chi connectivity index (χ4n) is 3.83. The normalized spacial score (nSPS) is 15.3. The Labute approximate surface area is 165 Å². The van der Waals surface area contributed by atoms with E-state index < -0.39 is 0 Å². The van der Waals surface area contributed by atoms with Crippen molar-refractivity contribution in [2.75, 3.05) is 18.6 Å². The van der Waals surface area contributed by atoms with E-state index in [1.54, 1.807) is 7.11 Å². The Bertz CT molecular complexity index is 887. The van der Waals surface area contributed by atoms with Gasteiger partial charge in [0.25, 0.3) is 5.91 Å². The molecule has 5 heteroatoms. The number of anilines is 1. The van der Waals surface area contributed by atoms with Crippen molar-refractivity contribution < 1.29 is 14.3 Å². The standard InChI is InChI=1S/C23H26N2O3/c1-3-22(26)24-13-12-17-14-18(6-11-21(17)24)23(27)25(19-7-8-19)15-16-4-9-20(28-2)10-5-16/h4-6,9-11,14,19H,3,7-8,12-13,15H2,1-2H3. The van der Waals surface area contributed by atoms with E-state index in [1.165, 1.54) is 0 Å². The molecule has 4 rings (SSSR count). The second-order valence-corrected chi connectivity index (χ2v) is 7.50. The topological polar surface area (TPSA) is 49.9 Å². The van der Waals surface area contributed by atoms with Gasteiger partial charge in [0.15, 0.2) is 0 Å². The van der Waals surface area contributed by atoms with Crippen LogP contribution in [0.3, 0.4) is 0 Å². The molecule has 1 fully saturated rings. The number of carbonyl (C=O) groups is 2. The van der Waals surface area contributed by atoms with E-state index in [-0.39, 0.29) is 11.8 Å². The molecule has 0 bridgehead atoms. The summed E-state index contributed by atoms with van der Waals surface area (Å²) in [6.07, 6.45) is 3.43. The van der Waals surface area contributed by atoms with E-state index in [4.69, 9.17) is 4.74 Å². The molecule has 28 heavy (non-hydrogen) atoms. The average molecular weight is 378 g/mol. The minimum absolute atomic E-state index is 0.0707. The summed E-state index contributed by atoms with van der Waals surface area (Å²) < 4.78 is 5.22. The van der Waals surface area contributed by atoms with Crippen LogP contribution in [0.25, 0.3) is 0 Å². The highest BCUT2D eigenvalue weighted by atomic mass is 16.5. The quantitative estimate of drug-likeness (QED) is 0.768. The molecule has 0 spiro atoms. The van der Waals surface area contributed by atoms with E-state index in [1.807, 2.05) is 59.2 Å². The largest absolute Gasteiger partial charge is 0.497 e. The van der Waals surface area contributed by atoms with Crippen molar-refractivity contribution in [2.24, 2.45) is 0 Å². The maximum absolute atomic E-state index is 13.2. The molecule has 5 nitrogen and oxygen atoms in total. The second kappa shape index (κ2) is 7.66. The van der Waals surface area contributed by atoms with Crippen LogP contribution in [0.5, 0.6) is 5.75 Å². The minimum atomic E-state index is 0.0707. The number of benzene rings is 2. The van der Waals surface area contributed by atoms with Crippen LogP contribution in [0.2, 0.25) is 0 Å². The van der Waals surface area contributed by atoms with Gasteiger partial charge in [0, 0.05) is 36.8 Å². The minimum Gasteiger partial charge on any atom is -0.497 e. The van der Waals surface area contributed by atoms with Gasteiger partial charge in [-0.2, -0.15) is 0 Å². The predicted octanol–water partition coefficient (Wildman–Crippen LogP) is 3.80. The fraction of sp³-hybridized carbons (Fsp3) is 0.391. The number of ether oxygens (including phenoxy) is 1. The van der Waals surface area contributed by atoms with E-state index in [2.05, 4.69) is 0 Å². The monoisotopic (exact) mass is 378 g/mol. The summed E-state index contributed by atoms with van der Waals surface area (Å²) in [5.74, 6) is 1.02. The molecular weight excluding hydrogens is 352 g/mol. The summed E-state index contributed by atoms with van der Waals surface area (Å²) in [6.45, 7) is 3.19. The molecular formula is C23H26N2O3. The highest BCUT2D eigenvalue weighted by Crippen LogP contribution is 2.33. The third-order valence-corrected chi connectivity index (χ3v) is 5.59. The lowest BCUT2D eigenvalue weighted by atomic mass is 10.1. The van der Waals surface area contributed by atoms with Crippen LogP contribution in [0.4, 0.5) is 5.69 Å². The first kappa shape index (κ1) is 18.5. The van der Waals surface area contributed by atoms with Crippen LogP contribution in [-0.2, 0) is 17.8 Å². The molecule has 0 saturated heterocycles. The number of amides is 2. The van der Waals surface area contributed by atoms with Gasteiger partial charge in [-0.1, -0.05) is 19.1 Å². The third kappa shape index (κ3) is 3.61. The average Bonchev–Trinajstić information content (AvgIpc) is 3.49.